The zero-order chi connectivity index (χ0) is 9.26. The molecule has 3 heteroatoms. The smallest absolute Gasteiger partial charge is 0.852 e. The van der Waals surface area contributed by atoms with Crippen LogP contribution in [0.4, 0.5) is 0 Å². The van der Waals surface area contributed by atoms with Crippen LogP contribution in [-0.4, -0.2) is 0 Å². The fourth-order valence-corrected chi connectivity index (χ4v) is 1.62. The Kier molecular flexibility index (Phi) is 6.22. The van der Waals surface area contributed by atoms with Crippen molar-refractivity contribution in [1.29, 1.82) is 0 Å². The minimum atomic E-state index is -0.177. The van der Waals surface area contributed by atoms with Gasteiger partial charge in [-0.3, -0.25) is 0 Å². The Balaban J connectivity index is 0.000000980. The Morgan fingerprint density at radius 3 is 2.20 bits per heavy atom. The van der Waals surface area contributed by atoms with Gasteiger partial charge in [0.1, 0.15) is 0 Å². The summed E-state index contributed by atoms with van der Waals surface area (Å²) in [6.07, 6.45) is 0. The number of hydrogen-bond acceptors (Lipinski definition) is 1. The molecule has 2 aromatic carbocycles. The molecule has 0 aliphatic rings. The molecule has 0 bridgehead atoms. The average molecular weight is 184 g/mol. The van der Waals surface area contributed by atoms with Crippen molar-refractivity contribution in [1.82, 2.24) is 0 Å². The van der Waals surface area contributed by atoms with E-state index >= 15 is 0 Å². The summed E-state index contributed by atoms with van der Waals surface area (Å²) in [5.74, 6) is 0. The van der Waals surface area contributed by atoms with E-state index in [0.717, 1.165) is 21.9 Å². The Bertz CT molecular complexity index is 435. The predicted octanol–water partition coefficient (Wildman–Crippen LogP) is -4.11. The first-order valence-corrected chi connectivity index (χ1v) is 4.23. The molecule has 66 valence electrons. The van der Waals surface area contributed by atoms with Gasteiger partial charge in [-0.1, -0.05) is 29.7 Å². The number of benzene rings is 2. The van der Waals surface area contributed by atoms with Gasteiger partial charge in [-0.15, -0.1) is 23.6 Å². The molecule has 0 saturated carbocycles. The van der Waals surface area contributed by atoms with Crippen molar-refractivity contribution in [3.05, 3.63) is 54.4 Å². The van der Waals surface area contributed by atoms with Gasteiger partial charge in [0.05, 0.1) is 0 Å². The Labute approximate surface area is 114 Å². The summed E-state index contributed by atoms with van der Waals surface area (Å²) in [7, 11) is 0. The molecule has 0 aliphatic carbocycles. The first kappa shape index (κ1) is 14.7. The van der Waals surface area contributed by atoms with Crippen molar-refractivity contribution >= 4 is 10.8 Å². The summed E-state index contributed by atoms with van der Waals surface area (Å²) in [4.78, 5) is 0. The van der Waals surface area contributed by atoms with Crippen molar-refractivity contribution in [2.45, 2.75) is 6.61 Å². The van der Waals surface area contributed by atoms with E-state index < -0.39 is 0 Å². The van der Waals surface area contributed by atoms with E-state index in [4.69, 9.17) is 0 Å². The summed E-state index contributed by atoms with van der Waals surface area (Å²) >= 11 is 0. The van der Waals surface area contributed by atoms with Gasteiger partial charge in [-0.25, -0.2) is 0 Å². The van der Waals surface area contributed by atoms with Crippen LogP contribution in [0.3, 0.4) is 0 Å². The van der Waals surface area contributed by atoms with Crippen LogP contribution >= 0.6 is 0 Å². The van der Waals surface area contributed by atoms with Crippen LogP contribution < -0.4 is 42.8 Å². The van der Waals surface area contributed by atoms with Crippen LogP contribution in [0, 0.1) is 6.92 Å². The molecule has 0 fully saturated rings. The van der Waals surface area contributed by atoms with Crippen molar-refractivity contribution in [2.75, 3.05) is 0 Å². The van der Waals surface area contributed by atoms with Crippen molar-refractivity contribution in [2.24, 2.45) is 0 Å². The molecule has 2 aromatic rings. The van der Waals surface area contributed by atoms with Crippen molar-refractivity contribution in [3.8, 4) is 0 Å². The second kappa shape index (κ2) is 6.34. The van der Waals surface area contributed by atoms with E-state index in [1.165, 1.54) is 0 Å². The van der Waals surface area contributed by atoms with Gasteiger partial charge >= 0.3 is 37.7 Å². The fraction of sp³-hybridized carbons (Fsp3) is 0.0833. The van der Waals surface area contributed by atoms with Crippen LogP contribution in [-0.2, 0) is 6.61 Å². The van der Waals surface area contributed by atoms with Gasteiger partial charge in [0.25, 0.3) is 0 Å². The molecular weight excluding hydrogens is 174 g/mol. The molecule has 0 N–H and O–H groups in total. The largest absolute Gasteiger partial charge is 1.00 e. The van der Waals surface area contributed by atoms with E-state index in [1.807, 2.05) is 36.4 Å². The van der Waals surface area contributed by atoms with E-state index in [0.29, 0.717) is 0 Å². The maximum Gasteiger partial charge on any atom is 1.00 e. The Morgan fingerprint density at radius 2 is 1.60 bits per heavy atom. The first-order valence-electron chi connectivity index (χ1n) is 4.23. The SMILES string of the molecule is [CH2-]c1cccc2cccc(C[O-])c12.[Li+].[Li+]. The zero-order valence-corrected chi connectivity index (χ0v) is 9.29. The summed E-state index contributed by atoms with van der Waals surface area (Å²) in [5.41, 5.74) is 1.77. The normalized spacial score (nSPS) is 9.13. The molecule has 0 aromatic heterocycles. The number of fused-ring (bicyclic) bond motifs is 1. The molecular formula is C12H10Li2O. The molecule has 15 heavy (non-hydrogen) atoms. The standard InChI is InChI=1S/C12H10O.2Li/c1-9-4-2-5-10-6-3-7-11(8-13)12(9)10;;/h2-7H,1,8H2;;/q-2;2*+1. The third kappa shape index (κ3) is 2.85. The second-order valence-electron chi connectivity index (χ2n) is 3.08. The molecule has 0 unspecified atom stereocenters. The summed E-state index contributed by atoms with van der Waals surface area (Å²) in [5, 5.41) is 13.0. The Hall–Kier alpha value is -0.275. The number of rotatable bonds is 1. The van der Waals surface area contributed by atoms with E-state index in [9.17, 15) is 5.11 Å². The monoisotopic (exact) mass is 184 g/mol. The van der Waals surface area contributed by atoms with Crippen LogP contribution in [0.2, 0.25) is 0 Å². The molecule has 0 radical (unpaired) electrons. The first-order chi connectivity index (χ1) is 6.33. The number of hydrogen-bond donors (Lipinski definition) is 0. The van der Waals surface area contributed by atoms with Crippen LogP contribution in [0.25, 0.3) is 10.8 Å². The van der Waals surface area contributed by atoms with Crippen molar-refractivity contribution in [3.63, 3.8) is 0 Å². The molecule has 0 heterocycles. The van der Waals surface area contributed by atoms with Gasteiger partial charge < -0.3 is 5.11 Å². The van der Waals surface area contributed by atoms with Crippen LogP contribution in [0.15, 0.2) is 36.4 Å². The maximum atomic E-state index is 10.9. The van der Waals surface area contributed by atoms with E-state index in [-0.39, 0.29) is 44.3 Å². The molecule has 1 nitrogen and oxygen atoms in total. The molecule has 0 amide bonds. The fourth-order valence-electron chi connectivity index (χ4n) is 1.62. The van der Waals surface area contributed by atoms with E-state index in [2.05, 4.69) is 6.92 Å². The second-order valence-corrected chi connectivity index (χ2v) is 3.08. The van der Waals surface area contributed by atoms with Gasteiger partial charge in [0, 0.05) is 0 Å². The topological polar surface area (TPSA) is 23.1 Å². The molecule has 0 aliphatic heterocycles. The van der Waals surface area contributed by atoms with Gasteiger partial charge in [0.15, 0.2) is 0 Å². The third-order valence-corrected chi connectivity index (χ3v) is 2.23. The van der Waals surface area contributed by atoms with Crippen molar-refractivity contribution < 1.29 is 42.8 Å². The summed E-state index contributed by atoms with van der Waals surface area (Å²) in [6, 6.07) is 11.7. The predicted molar refractivity (Wildman–Crippen MR) is 52.1 cm³/mol. The summed E-state index contributed by atoms with van der Waals surface area (Å²) in [6.45, 7) is 3.74. The molecule has 0 atom stereocenters. The van der Waals surface area contributed by atoms with Gasteiger partial charge in [-0.2, -0.15) is 18.6 Å². The van der Waals surface area contributed by atoms with Gasteiger partial charge in [-0.05, 0) is 0 Å². The maximum absolute atomic E-state index is 10.9. The minimum absolute atomic E-state index is 0. The zero-order valence-electron chi connectivity index (χ0n) is 9.29. The van der Waals surface area contributed by atoms with Crippen LogP contribution in [0.1, 0.15) is 11.1 Å². The minimum Gasteiger partial charge on any atom is -0.852 e. The third-order valence-electron chi connectivity index (χ3n) is 2.23. The van der Waals surface area contributed by atoms with Crippen LogP contribution in [0.5, 0.6) is 0 Å². The Morgan fingerprint density at radius 1 is 1.00 bits per heavy atom. The quantitative estimate of drug-likeness (QED) is 0.326. The molecule has 2 rings (SSSR count). The molecule has 0 spiro atoms. The molecule has 0 saturated heterocycles. The van der Waals surface area contributed by atoms with Gasteiger partial charge in [0.2, 0.25) is 0 Å². The van der Waals surface area contributed by atoms with E-state index in [1.54, 1.807) is 0 Å². The average Bonchev–Trinajstić information content (AvgIpc) is 2.17. The summed E-state index contributed by atoms with van der Waals surface area (Å²) < 4.78 is 0.